The Bertz CT molecular complexity index is 884. The van der Waals surface area contributed by atoms with Crippen LogP contribution in [-0.2, 0) is 9.53 Å². The number of carbonyl (C=O) groups excluding carboxylic acids is 1. The number of hydrogen-bond donors (Lipinski definition) is 0. The molecular formula is C21H21N3O3. The molecule has 1 heterocycles. The van der Waals surface area contributed by atoms with Crippen molar-refractivity contribution in [3.05, 3.63) is 54.1 Å². The molecule has 0 amide bonds. The summed E-state index contributed by atoms with van der Waals surface area (Å²) in [5, 5.41) is 15.2. The van der Waals surface area contributed by atoms with E-state index < -0.39 is 5.97 Å². The maximum atomic E-state index is 12.0. The van der Waals surface area contributed by atoms with Crippen molar-refractivity contribution in [1.82, 2.24) is 0 Å². The van der Waals surface area contributed by atoms with Crippen molar-refractivity contribution >= 4 is 17.4 Å². The van der Waals surface area contributed by atoms with Gasteiger partial charge >= 0.3 is 5.97 Å². The van der Waals surface area contributed by atoms with Crippen molar-refractivity contribution in [3.8, 4) is 17.6 Å². The van der Waals surface area contributed by atoms with E-state index in [4.69, 9.17) is 14.7 Å². The van der Waals surface area contributed by atoms with Crippen molar-refractivity contribution in [2.24, 2.45) is 5.10 Å². The van der Waals surface area contributed by atoms with Crippen LogP contribution < -0.4 is 9.75 Å². The van der Waals surface area contributed by atoms with Crippen LogP contribution in [0.25, 0.3) is 0 Å². The Morgan fingerprint density at radius 2 is 2.00 bits per heavy atom. The Balaban J connectivity index is 1.79. The minimum Gasteiger partial charge on any atom is -0.461 e. The molecule has 2 aromatic rings. The SMILES string of the molecule is CCOC(=O)C1=NN(c2ccc(Oc3ccccc3C)cc2)C(CC#N)C1. The van der Waals surface area contributed by atoms with Crippen molar-refractivity contribution in [2.75, 3.05) is 11.6 Å². The van der Waals surface area contributed by atoms with E-state index in [9.17, 15) is 4.79 Å². The van der Waals surface area contributed by atoms with Gasteiger partial charge in [-0.15, -0.1) is 0 Å². The summed E-state index contributed by atoms with van der Waals surface area (Å²) in [5.74, 6) is 1.08. The first kappa shape index (κ1) is 18.5. The lowest BCUT2D eigenvalue weighted by Crippen LogP contribution is -2.26. The van der Waals surface area contributed by atoms with Gasteiger partial charge in [0.25, 0.3) is 0 Å². The van der Waals surface area contributed by atoms with Crippen LogP contribution in [0, 0.1) is 18.3 Å². The number of hydrogen-bond acceptors (Lipinski definition) is 6. The highest BCUT2D eigenvalue weighted by atomic mass is 16.5. The molecule has 27 heavy (non-hydrogen) atoms. The fourth-order valence-corrected chi connectivity index (χ4v) is 2.90. The number of rotatable bonds is 6. The van der Waals surface area contributed by atoms with E-state index in [1.54, 1.807) is 11.9 Å². The molecule has 1 atom stereocenters. The van der Waals surface area contributed by atoms with Crippen LogP contribution in [0.1, 0.15) is 25.3 Å². The largest absolute Gasteiger partial charge is 0.461 e. The summed E-state index contributed by atoms with van der Waals surface area (Å²) < 4.78 is 10.9. The summed E-state index contributed by atoms with van der Waals surface area (Å²) in [5.41, 5.74) is 2.20. The smallest absolute Gasteiger partial charge is 0.354 e. The van der Waals surface area contributed by atoms with Crippen LogP contribution in [0.3, 0.4) is 0 Å². The molecule has 3 rings (SSSR count). The maximum absolute atomic E-state index is 12.0. The van der Waals surface area contributed by atoms with E-state index in [0.717, 1.165) is 17.0 Å². The van der Waals surface area contributed by atoms with Gasteiger partial charge in [-0.3, -0.25) is 5.01 Å². The first-order chi connectivity index (χ1) is 13.1. The first-order valence-corrected chi connectivity index (χ1v) is 8.86. The number of anilines is 1. The lowest BCUT2D eigenvalue weighted by atomic mass is 10.1. The van der Waals surface area contributed by atoms with Gasteiger partial charge in [0.05, 0.1) is 30.8 Å². The molecule has 0 bridgehead atoms. The summed E-state index contributed by atoms with van der Waals surface area (Å²) in [6.07, 6.45) is 0.668. The number of esters is 1. The lowest BCUT2D eigenvalue weighted by Gasteiger charge is -2.21. The maximum Gasteiger partial charge on any atom is 0.354 e. The van der Waals surface area contributed by atoms with Crippen molar-refractivity contribution in [2.45, 2.75) is 32.7 Å². The molecule has 0 saturated heterocycles. The van der Waals surface area contributed by atoms with Crippen LogP contribution in [0.4, 0.5) is 5.69 Å². The molecule has 2 aromatic carbocycles. The van der Waals surface area contributed by atoms with Crippen LogP contribution in [0.5, 0.6) is 11.5 Å². The zero-order valence-corrected chi connectivity index (χ0v) is 15.4. The standard InChI is InChI=1S/C21H21N3O3/c1-3-26-21(25)19-14-17(12-13-22)24(23-19)16-8-10-18(11-9-16)27-20-7-5-4-6-15(20)2/h4-11,17H,3,12,14H2,1-2H3. The minimum atomic E-state index is -0.428. The average molecular weight is 363 g/mol. The van der Waals surface area contributed by atoms with Crippen LogP contribution in [-0.4, -0.2) is 24.3 Å². The molecule has 6 nitrogen and oxygen atoms in total. The van der Waals surface area contributed by atoms with Gasteiger partial charge < -0.3 is 9.47 Å². The summed E-state index contributed by atoms with van der Waals surface area (Å²) in [7, 11) is 0. The van der Waals surface area contributed by atoms with Gasteiger partial charge in [-0.05, 0) is 49.7 Å². The fourth-order valence-electron chi connectivity index (χ4n) is 2.90. The molecule has 0 N–H and O–H groups in total. The molecular weight excluding hydrogens is 342 g/mol. The highest BCUT2D eigenvalue weighted by molar-refractivity contribution is 6.37. The summed E-state index contributed by atoms with van der Waals surface area (Å²) in [6, 6.07) is 17.2. The quantitative estimate of drug-likeness (QED) is 0.719. The summed E-state index contributed by atoms with van der Waals surface area (Å²) in [4.78, 5) is 12.0. The number of aryl methyl sites for hydroxylation is 1. The first-order valence-electron chi connectivity index (χ1n) is 8.86. The number of benzene rings is 2. The van der Waals surface area contributed by atoms with Gasteiger partial charge in [0.15, 0.2) is 0 Å². The van der Waals surface area contributed by atoms with Gasteiger partial charge in [-0.25, -0.2) is 4.79 Å². The number of para-hydroxylation sites is 1. The third kappa shape index (κ3) is 4.26. The zero-order valence-electron chi connectivity index (χ0n) is 15.4. The van der Waals surface area contributed by atoms with Crippen LogP contribution in [0.2, 0.25) is 0 Å². The Morgan fingerprint density at radius 3 is 2.67 bits per heavy atom. The van der Waals surface area contributed by atoms with Gasteiger partial charge in [0, 0.05) is 6.42 Å². The molecule has 0 spiro atoms. The molecule has 138 valence electrons. The zero-order chi connectivity index (χ0) is 19.2. The average Bonchev–Trinajstić information content (AvgIpc) is 3.09. The molecule has 0 saturated carbocycles. The van der Waals surface area contributed by atoms with Crippen LogP contribution in [0.15, 0.2) is 53.6 Å². The number of carbonyl (C=O) groups is 1. The second-order valence-corrected chi connectivity index (χ2v) is 6.19. The third-order valence-corrected chi connectivity index (χ3v) is 4.26. The summed E-state index contributed by atoms with van der Waals surface area (Å²) >= 11 is 0. The lowest BCUT2D eigenvalue weighted by molar-refractivity contribution is -0.135. The highest BCUT2D eigenvalue weighted by Gasteiger charge is 2.31. The topological polar surface area (TPSA) is 74.9 Å². The number of ether oxygens (including phenoxy) is 2. The van der Waals surface area contributed by atoms with E-state index >= 15 is 0 Å². The van der Waals surface area contributed by atoms with Crippen molar-refractivity contribution < 1.29 is 14.3 Å². The normalized spacial score (nSPS) is 15.8. The van der Waals surface area contributed by atoms with Gasteiger partial charge in [0.1, 0.15) is 17.2 Å². The molecule has 0 aromatic heterocycles. The van der Waals surface area contributed by atoms with E-state index in [-0.39, 0.29) is 12.5 Å². The second kappa shape index (κ2) is 8.37. The van der Waals surface area contributed by atoms with Gasteiger partial charge in [0.2, 0.25) is 0 Å². The third-order valence-electron chi connectivity index (χ3n) is 4.26. The highest BCUT2D eigenvalue weighted by Crippen LogP contribution is 2.30. The van der Waals surface area contributed by atoms with E-state index in [1.165, 1.54) is 0 Å². The van der Waals surface area contributed by atoms with Crippen LogP contribution >= 0.6 is 0 Å². The number of nitrogens with zero attached hydrogens (tertiary/aromatic N) is 3. The van der Waals surface area contributed by atoms with E-state index in [2.05, 4.69) is 11.2 Å². The molecule has 1 aliphatic rings. The van der Waals surface area contributed by atoms with Crippen molar-refractivity contribution in [3.63, 3.8) is 0 Å². The molecule has 1 aliphatic heterocycles. The minimum absolute atomic E-state index is 0.183. The fraction of sp³-hybridized carbons (Fsp3) is 0.286. The van der Waals surface area contributed by atoms with Gasteiger partial charge in [-0.1, -0.05) is 18.2 Å². The second-order valence-electron chi connectivity index (χ2n) is 6.19. The Morgan fingerprint density at radius 1 is 1.26 bits per heavy atom. The Kier molecular flexibility index (Phi) is 5.72. The Labute approximate surface area is 158 Å². The number of nitriles is 1. The summed E-state index contributed by atoms with van der Waals surface area (Å²) in [6.45, 7) is 4.04. The molecule has 1 unspecified atom stereocenters. The predicted octanol–water partition coefficient (Wildman–Crippen LogP) is 4.20. The van der Waals surface area contributed by atoms with E-state index in [1.807, 2.05) is 55.5 Å². The monoisotopic (exact) mass is 363 g/mol. The van der Waals surface area contributed by atoms with E-state index in [0.29, 0.717) is 24.5 Å². The predicted molar refractivity (Wildman–Crippen MR) is 103 cm³/mol. The molecule has 0 fully saturated rings. The van der Waals surface area contributed by atoms with Crippen molar-refractivity contribution in [1.29, 1.82) is 5.26 Å². The Hall–Kier alpha value is -3.33. The number of hydrazone groups is 1. The van der Waals surface area contributed by atoms with Gasteiger partial charge in [-0.2, -0.15) is 10.4 Å². The molecule has 6 heteroatoms. The molecule has 0 aliphatic carbocycles. The molecule has 0 radical (unpaired) electrons.